The van der Waals surface area contributed by atoms with Crippen LogP contribution in [0.5, 0.6) is 0 Å². The van der Waals surface area contributed by atoms with Gasteiger partial charge in [0.15, 0.2) is 0 Å². The van der Waals surface area contributed by atoms with Gasteiger partial charge in [-0.15, -0.1) is 0 Å². The Labute approximate surface area is 123 Å². The van der Waals surface area contributed by atoms with Crippen molar-refractivity contribution in [1.29, 1.82) is 0 Å². The van der Waals surface area contributed by atoms with Gasteiger partial charge in [0.2, 0.25) is 0 Å². The van der Waals surface area contributed by atoms with Crippen molar-refractivity contribution in [3.63, 3.8) is 0 Å². The van der Waals surface area contributed by atoms with Crippen LogP contribution >= 0.6 is 0 Å². The van der Waals surface area contributed by atoms with E-state index in [2.05, 4.69) is 17.1 Å². The van der Waals surface area contributed by atoms with Crippen molar-refractivity contribution >= 4 is 0 Å². The van der Waals surface area contributed by atoms with E-state index in [1.54, 1.807) is 38.5 Å². The number of nitrogens with zero attached hydrogens (tertiary/aromatic N) is 1. The Morgan fingerprint density at radius 2 is 1.40 bits per heavy atom. The van der Waals surface area contributed by atoms with Crippen molar-refractivity contribution in [2.45, 2.75) is 51.5 Å². The fraction of sp³-hybridized carbons (Fsp3) is 1.00. The molecule has 112 valence electrons. The summed E-state index contributed by atoms with van der Waals surface area (Å²) in [7, 11) is 0. The largest absolute Gasteiger partial charge is 0.316 e. The number of hydrogen-bond donors (Lipinski definition) is 1. The minimum absolute atomic E-state index is 0.723. The molecule has 0 amide bonds. The molecule has 2 saturated heterocycles. The molecule has 4 bridgehead atoms. The van der Waals surface area contributed by atoms with E-state index < -0.39 is 0 Å². The highest BCUT2D eigenvalue weighted by Gasteiger charge is 2.55. The quantitative estimate of drug-likeness (QED) is 0.833. The molecular weight excluding hydrogens is 244 g/mol. The van der Waals surface area contributed by atoms with Gasteiger partial charge < -0.3 is 5.32 Å². The van der Waals surface area contributed by atoms with Crippen LogP contribution in [0.3, 0.4) is 0 Å². The van der Waals surface area contributed by atoms with Crippen molar-refractivity contribution in [3.05, 3.63) is 0 Å². The second kappa shape index (κ2) is 4.23. The van der Waals surface area contributed by atoms with Gasteiger partial charge in [0.05, 0.1) is 0 Å². The van der Waals surface area contributed by atoms with E-state index in [9.17, 15) is 0 Å². The Bertz CT molecular complexity index is 357. The van der Waals surface area contributed by atoms with Crippen LogP contribution < -0.4 is 5.32 Å². The predicted octanol–water partition coefficient (Wildman–Crippen LogP) is 2.74. The lowest BCUT2D eigenvalue weighted by atomic mass is 9.47. The number of fused-ring (bicyclic) bond motifs is 1. The third-order valence-corrected chi connectivity index (χ3v) is 7.94. The smallest absolute Gasteiger partial charge is 0.0124 e. The Balaban J connectivity index is 1.37. The second-order valence-electron chi connectivity index (χ2n) is 9.09. The molecule has 0 radical (unpaired) electrons. The van der Waals surface area contributed by atoms with E-state index in [0.717, 1.165) is 41.0 Å². The van der Waals surface area contributed by atoms with Crippen LogP contribution in [0.4, 0.5) is 0 Å². The standard InChI is InChI=1S/C18H30N2/c1-12(20-10-16-8-19-9-17(16)11-20)18-5-13-2-14(6-18)4-15(3-13)7-18/h12-17,19H,2-11H2,1H3. The lowest BCUT2D eigenvalue weighted by molar-refractivity contribution is -0.0940. The minimum atomic E-state index is 0.723. The van der Waals surface area contributed by atoms with Gasteiger partial charge in [0, 0.05) is 19.1 Å². The first-order valence-corrected chi connectivity index (χ1v) is 9.17. The summed E-state index contributed by atoms with van der Waals surface area (Å²) in [5.74, 6) is 5.24. The maximum absolute atomic E-state index is 3.59. The molecule has 6 fully saturated rings. The first kappa shape index (κ1) is 12.5. The van der Waals surface area contributed by atoms with Gasteiger partial charge in [-0.2, -0.15) is 0 Å². The first-order chi connectivity index (χ1) is 9.72. The fourth-order valence-corrected chi connectivity index (χ4v) is 7.28. The summed E-state index contributed by atoms with van der Waals surface area (Å²) in [4.78, 5) is 2.91. The number of likely N-dealkylation sites (tertiary alicyclic amines) is 1. The van der Waals surface area contributed by atoms with Gasteiger partial charge in [0.1, 0.15) is 0 Å². The Kier molecular flexibility index (Phi) is 2.63. The average Bonchev–Trinajstić information content (AvgIpc) is 2.96. The molecule has 0 aromatic heterocycles. The zero-order valence-corrected chi connectivity index (χ0v) is 13.0. The van der Waals surface area contributed by atoms with Crippen LogP contribution in [0.1, 0.15) is 45.4 Å². The molecule has 4 aliphatic carbocycles. The lowest BCUT2D eigenvalue weighted by Gasteiger charge is -2.60. The van der Waals surface area contributed by atoms with Crippen LogP contribution in [0.15, 0.2) is 0 Å². The van der Waals surface area contributed by atoms with Crippen molar-refractivity contribution in [3.8, 4) is 0 Å². The van der Waals surface area contributed by atoms with Crippen LogP contribution in [-0.2, 0) is 0 Å². The molecule has 20 heavy (non-hydrogen) atoms. The van der Waals surface area contributed by atoms with Crippen LogP contribution in [0.25, 0.3) is 0 Å². The number of rotatable bonds is 2. The third kappa shape index (κ3) is 1.70. The monoisotopic (exact) mass is 274 g/mol. The molecule has 0 aromatic carbocycles. The summed E-state index contributed by atoms with van der Waals surface area (Å²) in [6.45, 7) is 7.95. The van der Waals surface area contributed by atoms with Crippen LogP contribution in [-0.4, -0.2) is 37.1 Å². The first-order valence-electron chi connectivity index (χ1n) is 9.17. The average molecular weight is 274 g/mol. The summed E-state index contributed by atoms with van der Waals surface area (Å²) >= 11 is 0. The summed E-state index contributed by atoms with van der Waals surface area (Å²) in [6, 6.07) is 0.862. The van der Waals surface area contributed by atoms with Crippen molar-refractivity contribution in [1.82, 2.24) is 10.2 Å². The molecule has 2 heteroatoms. The van der Waals surface area contributed by atoms with Gasteiger partial charge >= 0.3 is 0 Å². The van der Waals surface area contributed by atoms with Gasteiger partial charge in [-0.3, -0.25) is 4.90 Å². The topological polar surface area (TPSA) is 15.3 Å². The molecule has 3 atom stereocenters. The SMILES string of the molecule is CC(N1CC2CNCC2C1)C12CC3CC(CC(C3)C1)C2. The maximum atomic E-state index is 3.59. The Hall–Kier alpha value is -0.0800. The van der Waals surface area contributed by atoms with Crippen LogP contribution in [0, 0.1) is 35.0 Å². The molecule has 3 unspecified atom stereocenters. The summed E-state index contributed by atoms with van der Waals surface area (Å²) in [5, 5.41) is 3.59. The highest BCUT2D eigenvalue weighted by Crippen LogP contribution is 2.62. The van der Waals surface area contributed by atoms with E-state index in [-0.39, 0.29) is 0 Å². The van der Waals surface area contributed by atoms with Gasteiger partial charge in [0.25, 0.3) is 0 Å². The summed E-state index contributed by atoms with van der Waals surface area (Å²) in [5.41, 5.74) is 0.723. The zero-order valence-electron chi connectivity index (χ0n) is 13.0. The minimum Gasteiger partial charge on any atom is -0.316 e. The van der Waals surface area contributed by atoms with Gasteiger partial charge in [-0.05, 0) is 93.5 Å². The van der Waals surface area contributed by atoms with Gasteiger partial charge in [-0.1, -0.05) is 0 Å². The second-order valence-corrected chi connectivity index (χ2v) is 9.09. The van der Waals surface area contributed by atoms with Crippen molar-refractivity contribution in [2.75, 3.05) is 26.2 Å². The number of hydrogen-bond acceptors (Lipinski definition) is 2. The number of nitrogens with one attached hydrogen (secondary N) is 1. The molecular formula is C18H30N2. The van der Waals surface area contributed by atoms with Crippen LogP contribution in [0.2, 0.25) is 0 Å². The molecule has 2 heterocycles. The van der Waals surface area contributed by atoms with E-state index in [1.165, 1.54) is 26.2 Å². The predicted molar refractivity (Wildman–Crippen MR) is 81.5 cm³/mol. The lowest BCUT2D eigenvalue weighted by Crippen LogP contribution is -2.55. The summed E-state index contributed by atoms with van der Waals surface area (Å²) < 4.78 is 0. The molecule has 6 rings (SSSR count). The van der Waals surface area contributed by atoms with E-state index >= 15 is 0 Å². The van der Waals surface area contributed by atoms with Crippen molar-refractivity contribution < 1.29 is 0 Å². The Morgan fingerprint density at radius 3 is 1.90 bits per heavy atom. The van der Waals surface area contributed by atoms with Crippen molar-refractivity contribution in [2.24, 2.45) is 35.0 Å². The molecule has 2 aliphatic heterocycles. The maximum Gasteiger partial charge on any atom is 0.0124 e. The molecule has 6 aliphatic rings. The van der Waals surface area contributed by atoms with E-state index in [4.69, 9.17) is 0 Å². The molecule has 4 saturated carbocycles. The van der Waals surface area contributed by atoms with E-state index in [1.807, 2.05) is 0 Å². The zero-order chi connectivity index (χ0) is 13.3. The highest BCUT2D eigenvalue weighted by atomic mass is 15.2. The molecule has 2 nitrogen and oxygen atoms in total. The highest BCUT2D eigenvalue weighted by molar-refractivity contribution is 5.07. The Morgan fingerprint density at radius 1 is 0.900 bits per heavy atom. The molecule has 0 spiro atoms. The normalized spacial score (nSPS) is 55.4. The third-order valence-electron chi connectivity index (χ3n) is 7.94. The summed E-state index contributed by atoms with van der Waals surface area (Å²) in [6.07, 6.45) is 9.47. The molecule has 1 N–H and O–H groups in total. The molecule has 0 aromatic rings. The van der Waals surface area contributed by atoms with Gasteiger partial charge in [-0.25, -0.2) is 0 Å². The fourth-order valence-electron chi connectivity index (χ4n) is 7.28. The van der Waals surface area contributed by atoms with E-state index in [0.29, 0.717) is 0 Å².